The van der Waals surface area contributed by atoms with Crippen LogP contribution in [0.4, 0.5) is 0 Å². The van der Waals surface area contributed by atoms with Crippen molar-refractivity contribution in [2.45, 2.75) is 12.7 Å². The molecular weight excluding hydrogens is 371 g/mol. The summed E-state index contributed by atoms with van der Waals surface area (Å²) in [6, 6.07) is 17.3. The van der Waals surface area contributed by atoms with Crippen LogP contribution < -0.4 is 0 Å². The third-order valence-corrected chi connectivity index (χ3v) is 5.47. The van der Waals surface area contributed by atoms with Gasteiger partial charge in [0.2, 0.25) is 0 Å². The highest BCUT2D eigenvalue weighted by molar-refractivity contribution is 7.50. The molecule has 0 unspecified atom stereocenters. The first-order valence-corrected chi connectivity index (χ1v) is 10.2. The highest BCUT2D eigenvalue weighted by Gasteiger charge is 2.17. The van der Waals surface area contributed by atoms with E-state index in [4.69, 9.17) is 21.4 Å². The van der Waals surface area contributed by atoms with Crippen LogP contribution in [0.5, 0.6) is 0 Å². The van der Waals surface area contributed by atoms with Gasteiger partial charge in [0.1, 0.15) is 0 Å². The largest absolute Gasteiger partial charge is 0.335 e. The van der Waals surface area contributed by atoms with Crippen LogP contribution >= 0.6 is 19.2 Å². The Bertz CT molecular complexity index is 1110. The van der Waals surface area contributed by atoms with E-state index >= 15 is 0 Å². The van der Waals surface area contributed by atoms with Crippen molar-refractivity contribution in [3.8, 4) is 0 Å². The maximum atomic E-state index is 11.2. The molecule has 4 aromatic rings. The predicted octanol–water partition coefficient (Wildman–Crippen LogP) is 4.57. The fourth-order valence-electron chi connectivity index (χ4n) is 3.25. The minimum absolute atomic E-state index is 0.356. The van der Waals surface area contributed by atoms with E-state index in [1.807, 2.05) is 30.3 Å². The van der Waals surface area contributed by atoms with Gasteiger partial charge in [0.15, 0.2) is 0 Å². The highest BCUT2D eigenvalue weighted by Crippen LogP contribution is 2.41. The molecule has 2 aromatic carbocycles. The van der Waals surface area contributed by atoms with Crippen molar-refractivity contribution in [2.24, 2.45) is 0 Å². The standard InChI is InChI=1S/C19H16ClN2O3P/c20-16-10-13(7-8-14(16)12-26(23,24)25)11-22-17-5-2-1-4-15(17)19-18(22)6-3-9-21-19/h1-10H,11-12H2,(H2,23,24,25). The van der Waals surface area contributed by atoms with Gasteiger partial charge in [-0.15, -0.1) is 0 Å². The number of para-hydroxylation sites is 1. The van der Waals surface area contributed by atoms with Crippen LogP contribution in [-0.2, 0) is 17.3 Å². The van der Waals surface area contributed by atoms with Gasteiger partial charge in [-0.25, -0.2) is 0 Å². The van der Waals surface area contributed by atoms with E-state index < -0.39 is 7.60 Å². The summed E-state index contributed by atoms with van der Waals surface area (Å²) in [6.07, 6.45) is 1.43. The zero-order valence-electron chi connectivity index (χ0n) is 13.7. The average Bonchev–Trinajstić information content (AvgIpc) is 2.91. The Labute approximate surface area is 155 Å². The quantitative estimate of drug-likeness (QED) is 0.504. The molecule has 4 rings (SSSR count). The number of halogens is 1. The van der Waals surface area contributed by atoms with Crippen LogP contribution in [-0.4, -0.2) is 19.3 Å². The Morgan fingerprint density at radius 1 is 1.04 bits per heavy atom. The Balaban J connectivity index is 1.78. The van der Waals surface area contributed by atoms with Crippen LogP contribution in [0.15, 0.2) is 60.8 Å². The summed E-state index contributed by atoms with van der Waals surface area (Å²) < 4.78 is 13.4. The minimum atomic E-state index is -4.15. The molecule has 0 saturated carbocycles. The number of nitrogens with zero attached hydrogens (tertiary/aromatic N) is 2. The smallest absolute Gasteiger partial charge is 0.329 e. The SMILES string of the molecule is O=P(O)(O)Cc1ccc(Cn2c3ccccc3c3ncccc32)cc1Cl. The minimum Gasteiger partial charge on any atom is -0.335 e. The number of benzene rings is 2. The summed E-state index contributed by atoms with van der Waals surface area (Å²) in [4.78, 5) is 22.8. The first-order valence-electron chi connectivity index (χ1n) is 8.06. The molecule has 0 radical (unpaired) electrons. The van der Waals surface area contributed by atoms with Crippen LogP contribution in [0.25, 0.3) is 21.9 Å². The van der Waals surface area contributed by atoms with E-state index in [2.05, 4.69) is 21.7 Å². The Morgan fingerprint density at radius 2 is 1.81 bits per heavy atom. The number of pyridine rings is 1. The van der Waals surface area contributed by atoms with Crippen LogP contribution in [0.3, 0.4) is 0 Å². The van der Waals surface area contributed by atoms with Crippen LogP contribution in [0.1, 0.15) is 11.1 Å². The molecule has 0 saturated heterocycles. The van der Waals surface area contributed by atoms with Gasteiger partial charge in [-0.2, -0.15) is 0 Å². The van der Waals surface area contributed by atoms with Crippen molar-refractivity contribution in [1.82, 2.24) is 9.55 Å². The second-order valence-electron chi connectivity index (χ2n) is 6.22. The lowest BCUT2D eigenvalue weighted by Gasteiger charge is -2.11. The van der Waals surface area contributed by atoms with E-state index in [1.54, 1.807) is 18.3 Å². The molecule has 5 nitrogen and oxygen atoms in total. The zero-order valence-corrected chi connectivity index (χ0v) is 15.4. The van der Waals surface area contributed by atoms with Crippen molar-refractivity contribution < 1.29 is 14.4 Å². The topological polar surface area (TPSA) is 75.3 Å². The van der Waals surface area contributed by atoms with E-state index in [1.165, 1.54) is 0 Å². The normalized spacial score (nSPS) is 12.1. The monoisotopic (exact) mass is 386 g/mol. The van der Waals surface area contributed by atoms with Crippen molar-refractivity contribution in [3.05, 3.63) is 76.9 Å². The van der Waals surface area contributed by atoms with E-state index in [0.717, 1.165) is 27.5 Å². The van der Waals surface area contributed by atoms with Gasteiger partial charge >= 0.3 is 7.60 Å². The van der Waals surface area contributed by atoms with Gasteiger partial charge in [0, 0.05) is 23.2 Å². The first kappa shape index (κ1) is 17.3. The van der Waals surface area contributed by atoms with Gasteiger partial charge in [-0.1, -0.05) is 41.9 Å². The van der Waals surface area contributed by atoms with Crippen molar-refractivity contribution >= 4 is 41.1 Å². The van der Waals surface area contributed by atoms with E-state index in [0.29, 0.717) is 17.1 Å². The molecule has 0 fully saturated rings. The fourth-order valence-corrected chi connectivity index (χ4v) is 4.34. The van der Waals surface area contributed by atoms with Crippen LogP contribution in [0, 0.1) is 0 Å². The number of hydrogen-bond acceptors (Lipinski definition) is 2. The first-order chi connectivity index (χ1) is 12.4. The maximum Gasteiger partial charge on any atom is 0.329 e. The lowest BCUT2D eigenvalue weighted by Crippen LogP contribution is -2.00. The molecule has 2 aromatic heterocycles. The molecule has 2 heterocycles. The summed E-state index contributed by atoms with van der Waals surface area (Å²) in [5.74, 6) is 0. The molecule has 132 valence electrons. The number of hydrogen-bond donors (Lipinski definition) is 2. The zero-order chi connectivity index (χ0) is 18.3. The lowest BCUT2D eigenvalue weighted by atomic mass is 10.1. The molecule has 2 N–H and O–H groups in total. The summed E-state index contributed by atoms with van der Waals surface area (Å²) in [5.41, 5.74) is 4.47. The number of fused-ring (bicyclic) bond motifs is 3. The van der Waals surface area contributed by atoms with Crippen molar-refractivity contribution in [2.75, 3.05) is 0 Å². The van der Waals surface area contributed by atoms with Gasteiger partial charge < -0.3 is 14.4 Å². The summed E-state index contributed by atoms with van der Waals surface area (Å²) >= 11 is 6.25. The fraction of sp³-hybridized carbons (Fsp3) is 0.105. The molecule has 7 heteroatoms. The van der Waals surface area contributed by atoms with Gasteiger partial charge in [-0.3, -0.25) is 9.55 Å². The van der Waals surface area contributed by atoms with Crippen molar-refractivity contribution in [1.29, 1.82) is 0 Å². The van der Waals surface area contributed by atoms with Gasteiger partial charge in [0.05, 0.1) is 22.7 Å². The highest BCUT2D eigenvalue weighted by atomic mass is 35.5. The summed E-state index contributed by atoms with van der Waals surface area (Å²) in [5, 5.41) is 1.46. The molecule has 0 spiro atoms. The molecule has 0 aliphatic carbocycles. The molecule has 0 atom stereocenters. The second kappa shape index (κ2) is 6.53. The van der Waals surface area contributed by atoms with Crippen LogP contribution in [0.2, 0.25) is 5.02 Å². The molecule has 26 heavy (non-hydrogen) atoms. The molecule has 0 bridgehead atoms. The Kier molecular flexibility index (Phi) is 4.33. The number of rotatable bonds is 4. The molecular formula is C19H16ClN2O3P. The summed E-state index contributed by atoms with van der Waals surface area (Å²) in [6.45, 7) is 0.589. The molecule has 0 amide bonds. The van der Waals surface area contributed by atoms with Gasteiger partial charge in [0.25, 0.3) is 0 Å². The van der Waals surface area contributed by atoms with E-state index in [9.17, 15) is 4.57 Å². The third-order valence-electron chi connectivity index (χ3n) is 4.36. The Morgan fingerprint density at radius 3 is 2.58 bits per heavy atom. The third kappa shape index (κ3) is 3.27. The lowest BCUT2D eigenvalue weighted by molar-refractivity contribution is 0.371. The van der Waals surface area contributed by atoms with Crippen molar-refractivity contribution in [3.63, 3.8) is 0 Å². The second-order valence-corrected chi connectivity index (χ2v) is 8.28. The average molecular weight is 387 g/mol. The predicted molar refractivity (Wildman–Crippen MR) is 104 cm³/mol. The van der Waals surface area contributed by atoms with Gasteiger partial charge in [-0.05, 0) is 35.4 Å². The maximum absolute atomic E-state index is 11.2. The van der Waals surface area contributed by atoms with E-state index in [-0.39, 0.29) is 6.16 Å². The Hall–Kier alpha value is -2.17. The molecule has 0 aliphatic rings. The molecule has 0 aliphatic heterocycles. The summed E-state index contributed by atoms with van der Waals surface area (Å²) in [7, 11) is -4.15. The number of aromatic nitrogens is 2.